The van der Waals surface area contributed by atoms with E-state index in [0.717, 1.165) is 0 Å². The van der Waals surface area contributed by atoms with Gasteiger partial charge in [-0.15, -0.1) is 0 Å². The van der Waals surface area contributed by atoms with Crippen molar-refractivity contribution in [1.82, 2.24) is 10.5 Å². The Morgan fingerprint density at radius 1 is 1.50 bits per heavy atom. The topological polar surface area (TPSA) is 75.4 Å². The van der Waals surface area contributed by atoms with E-state index >= 15 is 0 Å². The molecule has 0 saturated carbocycles. The van der Waals surface area contributed by atoms with Crippen molar-refractivity contribution >= 4 is 17.7 Å². The second-order valence-electron chi connectivity index (χ2n) is 5.17. The molecular weight excluding hydrogens is 307 g/mol. The third-order valence-corrected chi connectivity index (χ3v) is 3.88. The minimum absolute atomic E-state index is 0.0400. The quantitative estimate of drug-likeness (QED) is 0.853. The van der Waals surface area contributed by atoms with Gasteiger partial charge in [-0.2, -0.15) is 11.8 Å². The van der Waals surface area contributed by atoms with Crippen LogP contribution in [-0.2, 0) is 0 Å². The molecule has 0 aliphatic carbocycles. The number of benzene rings is 1. The number of hydrogen-bond acceptors (Lipinski definition) is 5. The number of amides is 1. The Morgan fingerprint density at radius 3 is 2.91 bits per heavy atom. The van der Waals surface area contributed by atoms with Gasteiger partial charge >= 0.3 is 0 Å². The summed E-state index contributed by atoms with van der Waals surface area (Å²) in [7, 11) is 0. The van der Waals surface area contributed by atoms with E-state index < -0.39 is 17.3 Å². The number of carbonyl (C=O) groups excluding carboxylic acids is 1. The van der Waals surface area contributed by atoms with Gasteiger partial charge in [0.05, 0.1) is 11.2 Å². The monoisotopic (exact) mass is 324 g/mol. The molecular formula is C15H17FN2O3S. The minimum Gasteiger partial charge on any atom is -0.387 e. The number of nitrogens with zero attached hydrogens (tertiary/aromatic N) is 1. The average molecular weight is 324 g/mol. The molecule has 118 valence electrons. The first-order valence-corrected chi connectivity index (χ1v) is 8.03. The van der Waals surface area contributed by atoms with Gasteiger partial charge in [-0.3, -0.25) is 4.79 Å². The number of carbonyl (C=O) groups is 1. The van der Waals surface area contributed by atoms with Crippen molar-refractivity contribution in [2.75, 3.05) is 18.6 Å². The van der Waals surface area contributed by atoms with Crippen LogP contribution in [0.4, 0.5) is 4.39 Å². The maximum atomic E-state index is 13.7. The molecule has 22 heavy (non-hydrogen) atoms. The predicted molar refractivity (Wildman–Crippen MR) is 83.2 cm³/mol. The fraction of sp³-hybridized carbons (Fsp3) is 0.333. The normalized spacial score (nSPS) is 13.6. The predicted octanol–water partition coefficient (Wildman–Crippen LogP) is 2.32. The van der Waals surface area contributed by atoms with Crippen LogP contribution in [0.25, 0.3) is 11.3 Å². The second kappa shape index (κ2) is 6.93. The van der Waals surface area contributed by atoms with Gasteiger partial charge in [-0.1, -0.05) is 17.3 Å². The molecule has 2 N–H and O–H groups in total. The summed E-state index contributed by atoms with van der Waals surface area (Å²) in [6, 6.07) is 7.45. The zero-order chi connectivity index (χ0) is 16.2. The van der Waals surface area contributed by atoms with E-state index in [0.29, 0.717) is 5.75 Å². The maximum absolute atomic E-state index is 13.7. The van der Waals surface area contributed by atoms with Crippen LogP contribution in [0.1, 0.15) is 17.4 Å². The van der Waals surface area contributed by atoms with Crippen LogP contribution in [0.5, 0.6) is 0 Å². The summed E-state index contributed by atoms with van der Waals surface area (Å²) >= 11 is 1.48. The van der Waals surface area contributed by atoms with Gasteiger partial charge in [0.2, 0.25) is 0 Å². The first-order valence-electron chi connectivity index (χ1n) is 6.64. The van der Waals surface area contributed by atoms with Crippen molar-refractivity contribution in [1.29, 1.82) is 0 Å². The Hall–Kier alpha value is -1.86. The Bertz CT molecular complexity index is 658. The molecule has 1 unspecified atom stereocenters. The molecule has 1 aromatic carbocycles. The van der Waals surface area contributed by atoms with Crippen LogP contribution in [0.3, 0.4) is 0 Å². The highest BCUT2D eigenvalue weighted by molar-refractivity contribution is 7.98. The van der Waals surface area contributed by atoms with Gasteiger partial charge in [0.1, 0.15) is 5.82 Å². The molecule has 2 rings (SSSR count). The van der Waals surface area contributed by atoms with Crippen molar-refractivity contribution in [3.8, 4) is 11.3 Å². The van der Waals surface area contributed by atoms with Crippen LogP contribution in [-0.4, -0.2) is 40.3 Å². The highest BCUT2D eigenvalue weighted by atomic mass is 32.2. The molecule has 2 aromatic rings. The number of hydrogen-bond donors (Lipinski definition) is 2. The third kappa shape index (κ3) is 4.08. The molecule has 5 nitrogen and oxygen atoms in total. The van der Waals surface area contributed by atoms with Gasteiger partial charge in [-0.05, 0) is 25.3 Å². The van der Waals surface area contributed by atoms with Gasteiger partial charge in [0.25, 0.3) is 5.91 Å². The summed E-state index contributed by atoms with van der Waals surface area (Å²) < 4.78 is 18.7. The molecule has 0 bridgehead atoms. The number of nitrogens with one attached hydrogen (secondary N) is 1. The van der Waals surface area contributed by atoms with E-state index in [1.807, 2.05) is 6.26 Å². The number of halogens is 1. The van der Waals surface area contributed by atoms with Crippen LogP contribution in [0.15, 0.2) is 34.9 Å². The highest BCUT2D eigenvalue weighted by Gasteiger charge is 2.22. The van der Waals surface area contributed by atoms with Crippen LogP contribution >= 0.6 is 11.8 Å². The summed E-state index contributed by atoms with van der Waals surface area (Å²) in [6.07, 6.45) is 1.87. The van der Waals surface area contributed by atoms with Gasteiger partial charge < -0.3 is 14.9 Å². The van der Waals surface area contributed by atoms with E-state index in [1.54, 1.807) is 25.1 Å². The lowest BCUT2D eigenvalue weighted by Gasteiger charge is -2.22. The molecule has 0 spiro atoms. The molecule has 1 aromatic heterocycles. The van der Waals surface area contributed by atoms with Crippen molar-refractivity contribution in [3.05, 3.63) is 41.8 Å². The Kier molecular flexibility index (Phi) is 5.20. The first-order chi connectivity index (χ1) is 10.4. The van der Waals surface area contributed by atoms with E-state index in [-0.39, 0.29) is 23.6 Å². The summed E-state index contributed by atoms with van der Waals surface area (Å²) in [4.78, 5) is 12.0. The van der Waals surface area contributed by atoms with Crippen LogP contribution in [0, 0.1) is 5.82 Å². The van der Waals surface area contributed by atoms with Gasteiger partial charge in [0.15, 0.2) is 11.5 Å². The summed E-state index contributed by atoms with van der Waals surface area (Å²) in [6.45, 7) is 1.73. The summed E-state index contributed by atoms with van der Waals surface area (Å²) in [5, 5.41) is 16.2. The Balaban J connectivity index is 2.05. The number of aromatic nitrogens is 1. The van der Waals surface area contributed by atoms with Crippen LogP contribution in [0.2, 0.25) is 0 Å². The maximum Gasteiger partial charge on any atom is 0.273 e. The number of rotatable bonds is 6. The molecule has 1 amide bonds. The zero-order valence-electron chi connectivity index (χ0n) is 12.3. The Labute approximate surface area is 131 Å². The summed E-state index contributed by atoms with van der Waals surface area (Å²) in [5.74, 6) is -0.257. The average Bonchev–Trinajstić information content (AvgIpc) is 2.95. The van der Waals surface area contributed by atoms with Crippen molar-refractivity contribution < 1.29 is 18.8 Å². The lowest BCUT2D eigenvalue weighted by atomic mass is 10.1. The first kappa shape index (κ1) is 16.5. The Morgan fingerprint density at radius 2 is 2.23 bits per heavy atom. The standard InChI is InChI=1S/C15H17FN2O3S/c1-15(20,9-22-2)8-17-14(19)12-7-13(21-18-12)10-5-3-4-6-11(10)16/h3-7,20H,8-9H2,1-2H3,(H,17,19). The fourth-order valence-corrected chi connectivity index (χ4v) is 2.62. The van der Waals surface area contributed by atoms with Gasteiger partial charge in [-0.25, -0.2) is 4.39 Å². The number of thioether (sulfide) groups is 1. The minimum atomic E-state index is -1.01. The van der Waals surface area contributed by atoms with Crippen molar-refractivity contribution in [2.24, 2.45) is 0 Å². The van der Waals surface area contributed by atoms with E-state index in [2.05, 4.69) is 10.5 Å². The molecule has 0 fully saturated rings. The molecule has 1 atom stereocenters. The number of aliphatic hydroxyl groups is 1. The molecule has 0 saturated heterocycles. The van der Waals surface area contributed by atoms with E-state index in [1.165, 1.54) is 23.9 Å². The fourth-order valence-electron chi connectivity index (χ4n) is 1.89. The third-order valence-electron chi connectivity index (χ3n) is 2.97. The summed E-state index contributed by atoms with van der Waals surface area (Å²) in [5.41, 5.74) is -0.727. The molecule has 7 heteroatoms. The lowest BCUT2D eigenvalue weighted by Crippen LogP contribution is -2.42. The smallest absolute Gasteiger partial charge is 0.273 e. The van der Waals surface area contributed by atoms with Crippen molar-refractivity contribution in [3.63, 3.8) is 0 Å². The lowest BCUT2D eigenvalue weighted by molar-refractivity contribution is 0.0720. The SMILES string of the molecule is CSCC(C)(O)CNC(=O)c1cc(-c2ccccc2F)on1. The van der Waals surface area contributed by atoms with Crippen molar-refractivity contribution in [2.45, 2.75) is 12.5 Å². The second-order valence-corrected chi connectivity index (χ2v) is 6.03. The molecule has 0 aliphatic heterocycles. The van der Waals surface area contributed by atoms with E-state index in [9.17, 15) is 14.3 Å². The largest absolute Gasteiger partial charge is 0.387 e. The highest BCUT2D eigenvalue weighted by Crippen LogP contribution is 2.23. The zero-order valence-corrected chi connectivity index (χ0v) is 13.1. The molecule has 0 aliphatic rings. The molecule has 0 radical (unpaired) electrons. The molecule has 1 heterocycles. The van der Waals surface area contributed by atoms with Crippen LogP contribution < -0.4 is 5.32 Å². The van der Waals surface area contributed by atoms with E-state index in [4.69, 9.17) is 4.52 Å². The van der Waals surface area contributed by atoms with Gasteiger partial charge in [0, 0.05) is 18.4 Å².